The molecule has 0 spiro atoms. The first-order valence-electron chi connectivity index (χ1n) is 5.97. The van der Waals surface area contributed by atoms with Gasteiger partial charge in [-0.2, -0.15) is 0 Å². The number of hydrogen-bond acceptors (Lipinski definition) is 3. The molecular formula is C14H18ClNO2. The summed E-state index contributed by atoms with van der Waals surface area (Å²) in [7, 11) is 0. The molecule has 0 fully saturated rings. The number of halogens is 1. The third-order valence-corrected chi connectivity index (χ3v) is 2.86. The van der Waals surface area contributed by atoms with Crippen molar-refractivity contribution in [1.82, 2.24) is 5.32 Å². The van der Waals surface area contributed by atoms with Crippen molar-refractivity contribution >= 4 is 24.5 Å². The number of benzene rings is 1. The normalized spacial score (nSPS) is 13.8. The molecule has 18 heavy (non-hydrogen) atoms. The maximum Gasteiger partial charge on any atom is 0.330 e. The fraction of sp³-hybridized carbons (Fsp3) is 0.357. The van der Waals surface area contributed by atoms with Crippen LogP contribution in [0, 0.1) is 0 Å². The van der Waals surface area contributed by atoms with Gasteiger partial charge in [-0.1, -0.05) is 18.2 Å². The summed E-state index contributed by atoms with van der Waals surface area (Å²) < 4.78 is 4.87. The molecule has 1 aliphatic heterocycles. The summed E-state index contributed by atoms with van der Waals surface area (Å²) >= 11 is 0. The summed E-state index contributed by atoms with van der Waals surface area (Å²) in [6.07, 6.45) is 4.36. The minimum atomic E-state index is -0.279. The van der Waals surface area contributed by atoms with E-state index >= 15 is 0 Å². The van der Waals surface area contributed by atoms with Crippen molar-refractivity contribution in [3.8, 4) is 0 Å². The first-order chi connectivity index (χ1) is 8.31. The van der Waals surface area contributed by atoms with Gasteiger partial charge in [0.15, 0.2) is 0 Å². The smallest absolute Gasteiger partial charge is 0.330 e. The number of rotatable bonds is 3. The van der Waals surface area contributed by atoms with Gasteiger partial charge < -0.3 is 10.1 Å². The lowest BCUT2D eigenvalue weighted by atomic mass is 9.95. The topological polar surface area (TPSA) is 38.3 Å². The monoisotopic (exact) mass is 267 g/mol. The molecule has 1 aromatic rings. The number of fused-ring (bicyclic) bond motifs is 1. The standard InChI is InChI=1S/C14H17NO2.ClH/c1-2-17-14(16)7-6-11-4-3-5-12-10-15-9-8-13(11)12;/h3-7,15H,2,8-10H2,1H3;1H. The predicted octanol–water partition coefficient (Wildman–Crippen LogP) is 2.33. The van der Waals surface area contributed by atoms with Crippen molar-refractivity contribution in [3.05, 3.63) is 41.0 Å². The van der Waals surface area contributed by atoms with E-state index < -0.39 is 0 Å². The average molecular weight is 268 g/mol. The van der Waals surface area contributed by atoms with Gasteiger partial charge in [-0.15, -0.1) is 12.4 Å². The number of carbonyl (C=O) groups is 1. The Hall–Kier alpha value is -1.32. The molecule has 0 radical (unpaired) electrons. The van der Waals surface area contributed by atoms with Crippen molar-refractivity contribution in [2.24, 2.45) is 0 Å². The Morgan fingerprint density at radius 1 is 1.50 bits per heavy atom. The molecule has 1 aliphatic rings. The van der Waals surface area contributed by atoms with E-state index in [0.29, 0.717) is 6.61 Å². The predicted molar refractivity (Wildman–Crippen MR) is 74.8 cm³/mol. The lowest BCUT2D eigenvalue weighted by Gasteiger charge is -2.18. The van der Waals surface area contributed by atoms with Gasteiger partial charge in [-0.3, -0.25) is 0 Å². The highest BCUT2D eigenvalue weighted by Crippen LogP contribution is 2.19. The van der Waals surface area contributed by atoms with Crippen LogP contribution in [0.4, 0.5) is 0 Å². The Kier molecular flexibility index (Phi) is 5.89. The molecule has 2 rings (SSSR count). The zero-order valence-electron chi connectivity index (χ0n) is 10.4. The van der Waals surface area contributed by atoms with Crippen LogP contribution in [0.1, 0.15) is 23.6 Å². The van der Waals surface area contributed by atoms with Crippen molar-refractivity contribution < 1.29 is 9.53 Å². The van der Waals surface area contributed by atoms with Crippen LogP contribution in [-0.2, 0) is 22.5 Å². The van der Waals surface area contributed by atoms with Crippen LogP contribution in [0.2, 0.25) is 0 Å². The maximum absolute atomic E-state index is 11.3. The summed E-state index contributed by atoms with van der Waals surface area (Å²) in [5, 5.41) is 3.34. The lowest BCUT2D eigenvalue weighted by molar-refractivity contribution is -0.137. The summed E-state index contributed by atoms with van der Waals surface area (Å²) in [4.78, 5) is 11.3. The van der Waals surface area contributed by atoms with E-state index in [0.717, 1.165) is 25.1 Å². The zero-order chi connectivity index (χ0) is 12.1. The first-order valence-corrected chi connectivity index (χ1v) is 5.97. The SMILES string of the molecule is CCOC(=O)C=Cc1cccc2c1CCNC2.Cl. The van der Waals surface area contributed by atoms with Crippen molar-refractivity contribution in [1.29, 1.82) is 0 Å². The molecule has 1 heterocycles. The van der Waals surface area contributed by atoms with Gasteiger partial charge in [-0.25, -0.2) is 4.79 Å². The van der Waals surface area contributed by atoms with E-state index in [2.05, 4.69) is 11.4 Å². The Morgan fingerprint density at radius 2 is 2.33 bits per heavy atom. The molecule has 3 nitrogen and oxygen atoms in total. The van der Waals surface area contributed by atoms with Gasteiger partial charge in [0, 0.05) is 12.6 Å². The third-order valence-electron chi connectivity index (χ3n) is 2.86. The Morgan fingerprint density at radius 3 is 3.11 bits per heavy atom. The highest BCUT2D eigenvalue weighted by molar-refractivity contribution is 5.87. The molecule has 1 aromatic carbocycles. The fourth-order valence-corrected chi connectivity index (χ4v) is 2.07. The Balaban J connectivity index is 0.00000162. The van der Waals surface area contributed by atoms with Crippen molar-refractivity contribution in [3.63, 3.8) is 0 Å². The number of hydrogen-bond donors (Lipinski definition) is 1. The van der Waals surface area contributed by atoms with Crippen LogP contribution in [0.3, 0.4) is 0 Å². The summed E-state index contributed by atoms with van der Waals surface area (Å²) in [5.74, 6) is -0.279. The quantitative estimate of drug-likeness (QED) is 0.675. The van der Waals surface area contributed by atoms with E-state index in [9.17, 15) is 4.79 Å². The molecule has 0 bridgehead atoms. The minimum Gasteiger partial charge on any atom is -0.463 e. The molecule has 4 heteroatoms. The summed E-state index contributed by atoms with van der Waals surface area (Å²) in [5.41, 5.74) is 3.78. The third kappa shape index (κ3) is 3.59. The van der Waals surface area contributed by atoms with Crippen LogP contribution in [0.25, 0.3) is 6.08 Å². The molecule has 0 aromatic heterocycles. The molecule has 0 unspecified atom stereocenters. The van der Waals surface area contributed by atoms with E-state index in [1.165, 1.54) is 17.2 Å². The molecule has 0 amide bonds. The highest BCUT2D eigenvalue weighted by atomic mass is 35.5. The fourth-order valence-electron chi connectivity index (χ4n) is 2.07. The van der Waals surface area contributed by atoms with Crippen molar-refractivity contribution in [2.45, 2.75) is 19.9 Å². The molecule has 0 atom stereocenters. The highest BCUT2D eigenvalue weighted by Gasteiger charge is 2.10. The van der Waals surface area contributed by atoms with Gasteiger partial charge in [0.25, 0.3) is 0 Å². The molecule has 1 N–H and O–H groups in total. The average Bonchev–Trinajstić information content (AvgIpc) is 2.36. The molecule has 0 aliphatic carbocycles. The van der Waals surface area contributed by atoms with E-state index in [1.54, 1.807) is 0 Å². The van der Waals surface area contributed by atoms with Gasteiger partial charge in [-0.05, 0) is 42.7 Å². The van der Waals surface area contributed by atoms with Crippen LogP contribution >= 0.6 is 12.4 Å². The number of esters is 1. The lowest BCUT2D eigenvalue weighted by Crippen LogP contribution is -2.24. The Labute approximate surface area is 114 Å². The molecule has 0 saturated carbocycles. The number of carbonyl (C=O) groups excluding carboxylic acids is 1. The molecule has 0 saturated heterocycles. The second-order valence-corrected chi connectivity index (χ2v) is 4.00. The zero-order valence-corrected chi connectivity index (χ0v) is 11.3. The first kappa shape index (κ1) is 14.7. The van der Waals surface area contributed by atoms with Crippen LogP contribution in [0.5, 0.6) is 0 Å². The van der Waals surface area contributed by atoms with E-state index in [4.69, 9.17) is 4.74 Å². The van der Waals surface area contributed by atoms with E-state index in [-0.39, 0.29) is 18.4 Å². The molecular weight excluding hydrogens is 250 g/mol. The molecule has 98 valence electrons. The van der Waals surface area contributed by atoms with E-state index in [1.807, 2.05) is 25.1 Å². The second-order valence-electron chi connectivity index (χ2n) is 4.00. The van der Waals surface area contributed by atoms with Crippen molar-refractivity contribution in [2.75, 3.05) is 13.2 Å². The van der Waals surface area contributed by atoms with Gasteiger partial charge in [0.05, 0.1) is 6.61 Å². The number of nitrogens with one attached hydrogen (secondary N) is 1. The Bertz CT molecular complexity index is 443. The summed E-state index contributed by atoms with van der Waals surface area (Å²) in [6, 6.07) is 6.19. The second kappa shape index (κ2) is 7.19. The summed E-state index contributed by atoms with van der Waals surface area (Å²) in [6.45, 7) is 4.13. The van der Waals surface area contributed by atoms with Crippen LogP contribution in [0.15, 0.2) is 24.3 Å². The van der Waals surface area contributed by atoms with Gasteiger partial charge in [0.1, 0.15) is 0 Å². The van der Waals surface area contributed by atoms with Crippen LogP contribution in [-0.4, -0.2) is 19.1 Å². The number of ether oxygens (including phenoxy) is 1. The van der Waals surface area contributed by atoms with Crippen LogP contribution < -0.4 is 5.32 Å². The largest absolute Gasteiger partial charge is 0.463 e. The van der Waals surface area contributed by atoms with Gasteiger partial charge >= 0.3 is 5.97 Å². The van der Waals surface area contributed by atoms with Gasteiger partial charge in [0.2, 0.25) is 0 Å². The minimum absolute atomic E-state index is 0. The maximum atomic E-state index is 11.3.